The molecule has 0 aliphatic carbocycles. The van der Waals surface area contributed by atoms with Crippen molar-refractivity contribution in [3.8, 4) is 0 Å². The van der Waals surface area contributed by atoms with Crippen LogP contribution in [0.5, 0.6) is 0 Å². The van der Waals surface area contributed by atoms with Crippen LogP contribution >= 0.6 is 0 Å². The summed E-state index contributed by atoms with van der Waals surface area (Å²) >= 11 is 0. The quantitative estimate of drug-likeness (QED) is 0.573. The average molecular weight is 369 g/mol. The van der Waals surface area contributed by atoms with Crippen molar-refractivity contribution in [2.45, 2.75) is 18.0 Å². The van der Waals surface area contributed by atoms with Gasteiger partial charge in [-0.3, -0.25) is 0 Å². The van der Waals surface area contributed by atoms with Crippen molar-refractivity contribution in [1.82, 2.24) is 0 Å². The number of nitrogens with zero attached hydrogens (tertiary/aromatic N) is 1. The topological polar surface area (TPSA) is 38.5 Å². The number of alkyl halides is 3. The first-order chi connectivity index (χ1) is 11.5. The Labute approximate surface area is 142 Å². The lowest BCUT2D eigenvalue weighted by Gasteiger charge is -2.08. The first-order valence-electron chi connectivity index (χ1n) is 6.83. The van der Waals surface area contributed by atoms with Crippen LogP contribution in [0, 0.1) is 19.3 Å². The second-order valence-electron chi connectivity index (χ2n) is 5.18. The zero-order valence-electron chi connectivity index (χ0n) is 12.8. The molecule has 0 aliphatic heterocycles. The van der Waals surface area contributed by atoms with Crippen LogP contribution in [0.4, 0.5) is 17.6 Å². The Morgan fingerprint density at radius 2 is 1.72 bits per heavy atom. The molecular formula is C17H11F4NO2S. The van der Waals surface area contributed by atoms with Crippen LogP contribution in [-0.2, 0) is 16.0 Å². The van der Waals surface area contributed by atoms with Gasteiger partial charge in [0.15, 0.2) is 0 Å². The maximum absolute atomic E-state index is 13.4. The molecule has 0 aromatic heterocycles. The number of hydrogen-bond donors (Lipinski definition) is 0. The van der Waals surface area contributed by atoms with Gasteiger partial charge >= 0.3 is 6.18 Å². The molecule has 0 saturated heterocycles. The molecular weight excluding hydrogens is 358 g/mol. The number of sulfone groups is 1. The molecule has 0 fully saturated rings. The number of halogens is 4. The Balaban J connectivity index is 2.56. The normalized spacial score (nSPS) is 12.7. The lowest BCUT2D eigenvalue weighted by molar-refractivity contribution is -0.137. The van der Waals surface area contributed by atoms with Crippen molar-refractivity contribution in [2.24, 2.45) is 0 Å². The van der Waals surface area contributed by atoms with Gasteiger partial charge in [0.25, 0.3) is 5.03 Å². The van der Waals surface area contributed by atoms with E-state index >= 15 is 0 Å². The summed E-state index contributed by atoms with van der Waals surface area (Å²) < 4.78 is 76.5. The molecule has 130 valence electrons. The second kappa shape index (κ2) is 6.69. The summed E-state index contributed by atoms with van der Waals surface area (Å²) in [5, 5.41) is -0.796. The van der Waals surface area contributed by atoms with Crippen molar-refractivity contribution in [1.29, 1.82) is 0 Å². The van der Waals surface area contributed by atoms with Crippen LogP contribution in [0.1, 0.15) is 16.7 Å². The number of hydrogen-bond acceptors (Lipinski definition) is 2. The molecule has 0 atom stereocenters. The lowest BCUT2D eigenvalue weighted by atomic mass is 10.1. The van der Waals surface area contributed by atoms with E-state index in [2.05, 4.69) is 4.85 Å². The highest BCUT2D eigenvalue weighted by Gasteiger charge is 2.31. The Hall–Kier alpha value is -2.66. The number of benzene rings is 2. The molecule has 8 heteroatoms. The molecule has 0 N–H and O–H groups in total. The summed E-state index contributed by atoms with van der Waals surface area (Å²) in [5.74, 6) is -1.18. The molecule has 0 bridgehead atoms. The third kappa shape index (κ3) is 4.25. The minimum Gasteiger partial charge on any atom is -0.230 e. The van der Waals surface area contributed by atoms with E-state index in [1.807, 2.05) is 0 Å². The van der Waals surface area contributed by atoms with Crippen molar-refractivity contribution in [2.75, 3.05) is 0 Å². The molecule has 0 amide bonds. The molecule has 0 heterocycles. The summed E-state index contributed by atoms with van der Waals surface area (Å²) in [6.07, 6.45) is -4.07. The maximum atomic E-state index is 13.4. The largest absolute Gasteiger partial charge is 0.416 e. The van der Waals surface area contributed by atoms with E-state index in [0.29, 0.717) is 12.1 Å². The summed E-state index contributed by atoms with van der Waals surface area (Å²) in [6.45, 7) is 8.79. The van der Waals surface area contributed by atoms with Crippen LogP contribution in [0.25, 0.3) is 10.9 Å². The molecule has 0 radical (unpaired) electrons. The molecule has 3 nitrogen and oxygen atoms in total. The van der Waals surface area contributed by atoms with Gasteiger partial charge in [0, 0.05) is 0 Å². The van der Waals surface area contributed by atoms with Gasteiger partial charge in [0.05, 0.1) is 17.0 Å². The van der Waals surface area contributed by atoms with E-state index in [1.165, 1.54) is 24.3 Å². The molecule has 0 unspecified atom stereocenters. The van der Waals surface area contributed by atoms with Crippen LogP contribution < -0.4 is 0 Å². The SMILES string of the molecule is [C-]#[N+]/C(=C/c1cc(F)cc(C(F)(F)F)c1)S(=O)(=O)c1ccc(C)cc1. The van der Waals surface area contributed by atoms with E-state index < -0.39 is 32.4 Å². The monoisotopic (exact) mass is 369 g/mol. The van der Waals surface area contributed by atoms with E-state index in [9.17, 15) is 26.0 Å². The van der Waals surface area contributed by atoms with Crippen molar-refractivity contribution in [3.63, 3.8) is 0 Å². The zero-order valence-corrected chi connectivity index (χ0v) is 13.6. The first kappa shape index (κ1) is 18.7. The summed E-state index contributed by atoms with van der Waals surface area (Å²) in [7, 11) is -4.22. The Bertz CT molecular complexity index is 969. The highest BCUT2D eigenvalue weighted by atomic mass is 32.2. The third-order valence-corrected chi connectivity index (χ3v) is 4.91. The van der Waals surface area contributed by atoms with Crippen molar-refractivity contribution < 1.29 is 26.0 Å². The molecule has 2 rings (SSSR count). The lowest BCUT2D eigenvalue weighted by Crippen LogP contribution is -2.06. The third-order valence-electron chi connectivity index (χ3n) is 3.25. The Morgan fingerprint density at radius 3 is 2.24 bits per heavy atom. The fraction of sp³-hybridized carbons (Fsp3) is 0.118. The van der Waals surface area contributed by atoms with Gasteiger partial charge in [0.2, 0.25) is 9.84 Å². The highest BCUT2D eigenvalue weighted by Crippen LogP contribution is 2.31. The number of rotatable bonds is 3. The molecule has 25 heavy (non-hydrogen) atoms. The van der Waals surface area contributed by atoms with Crippen LogP contribution in [-0.4, -0.2) is 8.42 Å². The van der Waals surface area contributed by atoms with E-state index in [-0.39, 0.29) is 10.5 Å². The molecule has 2 aromatic rings. The standard InChI is InChI=1S/C17H11F4NO2S/c1-11-3-5-15(6-4-11)25(23,24)16(22-2)9-12-7-13(17(19,20)21)10-14(18)8-12/h3-10H,1H3/b16-9-. The maximum Gasteiger partial charge on any atom is 0.416 e. The molecule has 2 aromatic carbocycles. The minimum atomic E-state index is -4.79. The molecule has 0 saturated carbocycles. The average Bonchev–Trinajstić information content (AvgIpc) is 2.51. The van der Waals surface area contributed by atoms with Crippen LogP contribution in [0.15, 0.2) is 52.4 Å². The van der Waals surface area contributed by atoms with E-state index in [1.54, 1.807) is 6.92 Å². The number of aryl methyl sites for hydroxylation is 1. The van der Waals surface area contributed by atoms with Gasteiger partial charge in [-0.15, -0.1) is 0 Å². The Kier molecular flexibility index (Phi) is 4.99. The summed E-state index contributed by atoms with van der Waals surface area (Å²) in [4.78, 5) is 2.72. The van der Waals surface area contributed by atoms with Gasteiger partial charge in [-0.2, -0.15) is 13.2 Å². The van der Waals surface area contributed by atoms with Gasteiger partial charge < -0.3 is 0 Å². The fourth-order valence-corrected chi connectivity index (χ4v) is 3.16. The van der Waals surface area contributed by atoms with Gasteiger partial charge in [-0.25, -0.2) is 17.7 Å². The fourth-order valence-electron chi connectivity index (χ4n) is 2.01. The van der Waals surface area contributed by atoms with Gasteiger partial charge in [-0.05, 0) is 48.9 Å². The van der Waals surface area contributed by atoms with E-state index in [4.69, 9.17) is 6.57 Å². The smallest absolute Gasteiger partial charge is 0.230 e. The molecule has 0 spiro atoms. The first-order valence-corrected chi connectivity index (χ1v) is 8.31. The predicted octanol–water partition coefficient (Wildman–Crippen LogP) is 4.84. The minimum absolute atomic E-state index is 0.173. The van der Waals surface area contributed by atoms with E-state index in [0.717, 1.165) is 17.7 Å². The summed E-state index contributed by atoms with van der Waals surface area (Å²) in [6, 6.07) is 7.23. The van der Waals surface area contributed by atoms with Crippen molar-refractivity contribution in [3.05, 3.63) is 81.4 Å². The zero-order chi connectivity index (χ0) is 18.8. The highest BCUT2D eigenvalue weighted by molar-refractivity contribution is 7.95. The van der Waals surface area contributed by atoms with Gasteiger partial charge in [-0.1, -0.05) is 17.7 Å². The van der Waals surface area contributed by atoms with Crippen LogP contribution in [0.3, 0.4) is 0 Å². The van der Waals surface area contributed by atoms with Crippen molar-refractivity contribution >= 4 is 15.9 Å². The summed E-state index contributed by atoms with van der Waals surface area (Å²) in [5.41, 5.74) is -0.836. The Morgan fingerprint density at radius 1 is 1.12 bits per heavy atom. The molecule has 0 aliphatic rings. The van der Waals surface area contributed by atoms with Crippen LogP contribution in [0.2, 0.25) is 0 Å². The second-order valence-corrected chi connectivity index (χ2v) is 7.08. The van der Waals surface area contributed by atoms with Gasteiger partial charge in [0.1, 0.15) is 5.82 Å². The predicted molar refractivity (Wildman–Crippen MR) is 84.3 cm³/mol.